The molecule has 0 saturated carbocycles. The maximum atomic E-state index is 12.9. The zero-order valence-corrected chi connectivity index (χ0v) is 19.2. The second kappa shape index (κ2) is 12.9. The van der Waals surface area contributed by atoms with E-state index in [1.54, 1.807) is 44.2 Å². The molecule has 0 heterocycles. The van der Waals surface area contributed by atoms with Crippen molar-refractivity contribution in [3.63, 3.8) is 0 Å². The summed E-state index contributed by atoms with van der Waals surface area (Å²) < 4.78 is 0. The molecule has 3 amide bonds. The Balaban J connectivity index is 3.10. The van der Waals surface area contributed by atoms with Crippen molar-refractivity contribution in [3.05, 3.63) is 35.9 Å². The third-order valence-corrected chi connectivity index (χ3v) is 5.05. The fraction of sp³-hybridized carbons (Fsp3) is 0.545. The third kappa shape index (κ3) is 8.79. The van der Waals surface area contributed by atoms with Gasteiger partial charge in [0.2, 0.25) is 17.7 Å². The summed E-state index contributed by atoms with van der Waals surface area (Å²) in [6.07, 6.45) is -2.70. The molecular formula is C22H34N4O7. The number of hydrogen-bond acceptors (Lipinski definition) is 7. The molecule has 1 aromatic carbocycles. The number of nitrogens with two attached hydrogens (primary N) is 1. The van der Waals surface area contributed by atoms with Crippen LogP contribution < -0.4 is 21.7 Å². The first-order valence-corrected chi connectivity index (χ1v) is 10.6. The lowest BCUT2D eigenvalue weighted by Gasteiger charge is -2.27. The molecule has 0 aliphatic rings. The molecule has 6 atom stereocenters. The Morgan fingerprint density at radius 3 is 1.79 bits per heavy atom. The van der Waals surface area contributed by atoms with E-state index in [0.717, 1.165) is 0 Å². The second-order valence-electron chi connectivity index (χ2n) is 8.31. The van der Waals surface area contributed by atoms with E-state index < -0.39 is 60.1 Å². The Labute approximate surface area is 192 Å². The fourth-order valence-corrected chi connectivity index (χ4v) is 2.92. The number of carboxylic acid groups (broad SMARTS) is 1. The predicted octanol–water partition coefficient (Wildman–Crippen LogP) is -1.49. The lowest BCUT2D eigenvalue weighted by Crippen LogP contribution is -2.61. The van der Waals surface area contributed by atoms with Crippen LogP contribution in [-0.4, -0.2) is 75.4 Å². The molecule has 8 N–H and O–H groups in total. The Morgan fingerprint density at radius 2 is 1.33 bits per heavy atom. The molecule has 11 heteroatoms. The van der Waals surface area contributed by atoms with Crippen LogP contribution >= 0.6 is 0 Å². The van der Waals surface area contributed by atoms with Gasteiger partial charge in [0.15, 0.2) is 6.04 Å². The van der Waals surface area contributed by atoms with Crippen LogP contribution in [0, 0.1) is 5.92 Å². The Morgan fingerprint density at radius 1 is 0.818 bits per heavy atom. The predicted molar refractivity (Wildman–Crippen MR) is 120 cm³/mol. The van der Waals surface area contributed by atoms with Crippen molar-refractivity contribution in [3.8, 4) is 0 Å². The summed E-state index contributed by atoms with van der Waals surface area (Å²) in [6, 6.07) is 3.49. The van der Waals surface area contributed by atoms with Crippen LogP contribution in [0.1, 0.15) is 33.3 Å². The number of amides is 3. The van der Waals surface area contributed by atoms with Gasteiger partial charge in [0.1, 0.15) is 12.1 Å². The van der Waals surface area contributed by atoms with E-state index in [1.165, 1.54) is 13.8 Å². The zero-order valence-electron chi connectivity index (χ0n) is 19.2. The number of aliphatic hydroxyl groups is 2. The smallest absolute Gasteiger partial charge is 0.328 e. The number of carbonyl (C=O) groups excluding carboxylic acids is 3. The minimum atomic E-state index is -1.59. The Hall–Kier alpha value is -3.02. The number of benzene rings is 1. The van der Waals surface area contributed by atoms with Gasteiger partial charge in [-0.25, -0.2) is 4.79 Å². The first kappa shape index (κ1) is 28.0. The zero-order chi connectivity index (χ0) is 25.3. The van der Waals surface area contributed by atoms with Crippen molar-refractivity contribution in [2.24, 2.45) is 11.7 Å². The van der Waals surface area contributed by atoms with Crippen LogP contribution in [0.15, 0.2) is 30.3 Å². The minimum absolute atomic E-state index is 0.00343. The van der Waals surface area contributed by atoms with Gasteiger partial charge in [0.05, 0.1) is 18.2 Å². The molecule has 184 valence electrons. The third-order valence-electron chi connectivity index (χ3n) is 5.05. The second-order valence-corrected chi connectivity index (χ2v) is 8.31. The quantitative estimate of drug-likeness (QED) is 0.194. The lowest BCUT2D eigenvalue weighted by atomic mass is 10.0. The summed E-state index contributed by atoms with van der Waals surface area (Å²) in [7, 11) is 0. The van der Waals surface area contributed by atoms with Crippen molar-refractivity contribution in [1.29, 1.82) is 0 Å². The highest BCUT2D eigenvalue weighted by Gasteiger charge is 2.33. The monoisotopic (exact) mass is 466 g/mol. The molecule has 0 spiro atoms. The summed E-state index contributed by atoms with van der Waals surface area (Å²) in [5.74, 6) is -4.01. The van der Waals surface area contributed by atoms with Gasteiger partial charge < -0.3 is 37.0 Å². The van der Waals surface area contributed by atoms with Crippen LogP contribution in [0.5, 0.6) is 0 Å². The van der Waals surface area contributed by atoms with Crippen molar-refractivity contribution < 1.29 is 34.5 Å². The molecule has 11 nitrogen and oxygen atoms in total. The molecule has 0 saturated heterocycles. The standard InChI is InChI=1S/C22H34N4O7/c1-11(2)16(23)20(30)25-17(12(3)27)21(31)24-15(10-14-8-6-5-7-9-14)19(29)26-18(13(4)28)22(32)33/h5-9,11-13,15-18,27-28H,10,23H2,1-4H3,(H,24,31)(H,25,30)(H,26,29)(H,32,33). The molecular weight excluding hydrogens is 432 g/mol. The molecule has 0 aromatic heterocycles. The molecule has 33 heavy (non-hydrogen) atoms. The molecule has 6 unspecified atom stereocenters. The van der Waals surface area contributed by atoms with Gasteiger partial charge in [-0.15, -0.1) is 0 Å². The van der Waals surface area contributed by atoms with Crippen LogP contribution in [0.4, 0.5) is 0 Å². The summed E-state index contributed by atoms with van der Waals surface area (Å²) in [5, 5.41) is 36.0. The number of rotatable bonds is 12. The van der Waals surface area contributed by atoms with Crippen molar-refractivity contribution in [2.75, 3.05) is 0 Å². The Kier molecular flexibility index (Phi) is 10.9. The molecule has 0 radical (unpaired) electrons. The topological polar surface area (TPSA) is 191 Å². The molecule has 1 aromatic rings. The first-order valence-electron chi connectivity index (χ1n) is 10.6. The largest absolute Gasteiger partial charge is 0.480 e. The van der Waals surface area contributed by atoms with E-state index in [4.69, 9.17) is 5.73 Å². The van der Waals surface area contributed by atoms with Crippen molar-refractivity contribution >= 4 is 23.7 Å². The van der Waals surface area contributed by atoms with Gasteiger partial charge in [-0.3, -0.25) is 14.4 Å². The van der Waals surface area contributed by atoms with Gasteiger partial charge in [0, 0.05) is 6.42 Å². The number of carboxylic acids is 1. The van der Waals surface area contributed by atoms with E-state index in [1.807, 2.05) is 0 Å². The van der Waals surface area contributed by atoms with Gasteiger partial charge in [-0.1, -0.05) is 44.2 Å². The number of hydrogen-bond donors (Lipinski definition) is 7. The van der Waals surface area contributed by atoms with Crippen LogP contribution in [0.3, 0.4) is 0 Å². The van der Waals surface area contributed by atoms with Gasteiger partial charge in [-0.05, 0) is 25.3 Å². The average Bonchev–Trinajstić information content (AvgIpc) is 2.74. The number of aliphatic carboxylic acids is 1. The molecule has 0 aliphatic heterocycles. The average molecular weight is 467 g/mol. The number of carbonyl (C=O) groups is 4. The number of nitrogens with one attached hydrogen (secondary N) is 3. The van der Waals surface area contributed by atoms with E-state index in [-0.39, 0.29) is 12.3 Å². The van der Waals surface area contributed by atoms with Crippen molar-refractivity contribution in [1.82, 2.24) is 16.0 Å². The van der Waals surface area contributed by atoms with Crippen LogP contribution in [0.2, 0.25) is 0 Å². The molecule has 0 bridgehead atoms. The summed E-state index contributed by atoms with van der Waals surface area (Å²) in [4.78, 5) is 49.4. The lowest BCUT2D eigenvalue weighted by molar-refractivity contribution is -0.145. The SMILES string of the molecule is CC(C)C(N)C(=O)NC(C(=O)NC(Cc1ccccc1)C(=O)NC(C(=O)O)C(C)O)C(C)O. The van der Waals surface area contributed by atoms with Gasteiger partial charge in [-0.2, -0.15) is 0 Å². The highest BCUT2D eigenvalue weighted by molar-refractivity contribution is 5.94. The highest BCUT2D eigenvalue weighted by Crippen LogP contribution is 2.07. The van der Waals surface area contributed by atoms with E-state index >= 15 is 0 Å². The first-order chi connectivity index (χ1) is 15.3. The summed E-state index contributed by atoms with van der Waals surface area (Å²) >= 11 is 0. The van der Waals surface area contributed by atoms with Crippen LogP contribution in [0.25, 0.3) is 0 Å². The maximum Gasteiger partial charge on any atom is 0.328 e. The number of aliphatic hydroxyl groups excluding tert-OH is 2. The highest BCUT2D eigenvalue weighted by atomic mass is 16.4. The van der Waals surface area contributed by atoms with Gasteiger partial charge in [0.25, 0.3) is 0 Å². The Bertz CT molecular complexity index is 814. The molecule has 1 rings (SSSR count). The van der Waals surface area contributed by atoms with Crippen LogP contribution in [-0.2, 0) is 25.6 Å². The van der Waals surface area contributed by atoms with E-state index in [9.17, 15) is 34.5 Å². The molecule has 0 fully saturated rings. The normalized spacial score (nSPS) is 16.6. The van der Waals surface area contributed by atoms with Crippen molar-refractivity contribution in [2.45, 2.75) is 70.5 Å². The molecule has 0 aliphatic carbocycles. The minimum Gasteiger partial charge on any atom is -0.480 e. The van der Waals surface area contributed by atoms with E-state index in [0.29, 0.717) is 5.56 Å². The maximum absolute atomic E-state index is 12.9. The summed E-state index contributed by atoms with van der Waals surface area (Å²) in [5.41, 5.74) is 6.47. The fourth-order valence-electron chi connectivity index (χ4n) is 2.92. The summed E-state index contributed by atoms with van der Waals surface area (Å²) in [6.45, 7) is 5.96. The van der Waals surface area contributed by atoms with Gasteiger partial charge >= 0.3 is 5.97 Å². The van der Waals surface area contributed by atoms with E-state index in [2.05, 4.69) is 16.0 Å².